The summed E-state index contributed by atoms with van der Waals surface area (Å²) in [5.41, 5.74) is 1.42. The van der Waals surface area contributed by atoms with Crippen molar-refractivity contribution in [1.82, 2.24) is 4.98 Å². The molecule has 0 aliphatic heterocycles. The van der Waals surface area contributed by atoms with Crippen LogP contribution in [-0.2, 0) is 0 Å². The van der Waals surface area contributed by atoms with Gasteiger partial charge in [-0.2, -0.15) is 0 Å². The van der Waals surface area contributed by atoms with Crippen LogP contribution in [0.2, 0.25) is 0 Å². The summed E-state index contributed by atoms with van der Waals surface area (Å²) in [6, 6.07) is 5.08. The Morgan fingerprint density at radius 3 is 2.86 bits per heavy atom. The lowest BCUT2D eigenvalue weighted by atomic mass is 9.80. The van der Waals surface area contributed by atoms with E-state index in [2.05, 4.69) is 4.98 Å². The van der Waals surface area contributed by atoms with Gasteiger partial charge in [0.25, 0.3) is 5.22 Å². The van der Waals surface area contributed by atoms with Crippen molar-refractivity contribution in [3.05, 3.63) is 18.2 Å². The van der Waals surface area contributed by atoms with E-state index in [0.717, 1.165) is 0 Å². The van der Waals surface area contributed by atoms with Crippen LogP contribution >= 0.6 is 11.8 Å². The zero-order valence-electron chi connectivity index (χ0n) is 7.47. The van der Waals surface area contributed by atoms with Gasteiger partial charge in [-0.25, -0.2) is 4.98 Å². The van der Waals surface area contributed by atoms with Gasteiger partial charge < -0.3 is 14.5 Å². The third-order valence-corrected chi connectivity index (χ3v) is 2.40. The number of hydrogen-bond donors (Lipinski definition) is 2. The first-order valence-electron chi connectivity index (χ1n) is 4.02. The van der Waals surface area contributed by atoms with Crippen LogP contribution in [-0.4, -0.2) is 28.4 Å². The van der Waals surface area contributed by atoms with Crippen LogP contribution in [0.15, 0.2) is 27.8 Å². The highest BCUT2D eigenvalue weighted by molar-refractivity contribution is 7.98. The van der Waals surface area contributed by atoms with Crippen molar-refractivity contribution in [1.29, 1.82) is 0 Å². The van der Waals surface area contributed by atoms with Gasteiger partial charge >= 0.3 is 7.12 Å². The molecule has 1 heterocycles. The van der Waals surface area contributed by atoms with Gasteiger partial charge in [0.1, 0.15) is 5.52 Å². The summed E-state index contributed by atoms with van der Waals surface area (Å²) >= 11 is 1.37. The fraction of sp³-hybridized carbons (Fsp3) is 0.125. The summed E-state index contributed by atoms with van der Waals surface area (Å²) in [5.74, 6) is 0. The number of oxazole rings is 1. The van der Waals surface area contributed by atoms with Crippen molar-refractivity contribution < 1.29 is 14.5 Å². The van der Waals surface area contributed by atoms with Crippen LogP contribution in [0.25, 0.3) is 11.1 Å². The van der Waals surface area contributed by atoms with Crippen LogP contribution in [0.1, 0.15) is 0 Å². The van der Waals surface area contributed by atoms with Gasteiger partial charge in [-0.15, -0.1) is 0 Å². The van der Waals surface area contributed by atoms with Crippen LogP contribution < -0.4 is 5.46 Å². The highest BCUT2D eigenvalue weighted by Gasteiger charge is 2.18. The molecule has 1 aromatic carbocycles. The summed E-state index contributed by atoms with van der Waals surface area (Å²) in [6.07, 6.45) is 1.85. The molecule has 2 rings (SSSR count). The first-order chi connectivity index (χ1) is 6.72. The second-order valence-electron chi connectivity index (χ2n) is 2.75. The molecular weight excluding hydrogens is 201 g/mol. The third kappa shape index (κ3) is 1.52. The number of rotatable bonds is 2. The van der Waals surface area contributed by atoms with E-state index in [0.29, 0.717) is 21.8 Å². The summed E-state index contributed by atoms with van der Waals surface area (Å²) < 4.78 is 5.34. The topological polar surface area (TPSA) is 66.5 Å². The molecular formula is C8H8BNO3S. The Hall–Kier alpha value is -0.975. The predicted octanol–water partition coefficient (Wildman–Crippen LogP) is 0.229. The third-order valence-electron chi connectivity index (χ3n) is 1.88. The van der Waals surface area contributed by atoms with E-state index in [9.17, 15) is 0 Å². The van der Waals surface area contributed by atoms with Gasteiger partial charge in [-0.1, -0.05) is 23.9 Å². The largest absolute Gasteiger partial charge is 0.492 e. The number of fused-ring (bicyclic) bond motifs is 1. The standard InChI is InChI=1S/C8H8BNO3S/c1-14-8-10-6-4-2-3-5(9(11)12)7(6)13-8/h2-4,11-12H,1H3. The van der Waals surface area contributed by atoms with Gasteiger partial charge in [0.15, 0.2) is 5.58 Å². The van der Waals surface area contributed by atoms with E-state index in [4.69, 9.17) is 14.5 Å². The summed E-state index contributed by atoms with van der Waals surface area (Å²) in [5, 5.41) is 18.7. The molecule has 0 fully saturated rings. The van der Waals surface area contributed by atoms with Crippen LogP contribution in [0.3, 0.4) is 0 Å². The number of hydrogen-bond acceptors (Lipinski definition) is 5. The van der Waals surface area contributed by atoms with Crippen molar-refractivity contribution in [3.8, 4) is 0 Å². The molecule has 2 aromatic rings. The van der Waals surface area contributed by atoms with Crippen LogP contribution in [0.5, 0.6) is 0 Å². The smallest absolute Gasteiger partial charge is 0.432 e. The fourth-order valence-electron chi connectivity index (χ4n) is 1.24. The second kappa shape index (κ2) is 3.64. The Bertz CT molecular complexity index is 457. The zero-order chi connectivity index (χ0) is 10.1. The Morgan fingerprint density at radius 1 is 1.43 bits per heavy atom. The Morgan fingerprint density at radius 2 is 2.21 bits per heavy atom. The normalized spacial score (nSPS) is 10.8. The first-order valence-corrected chi connectivity index (χ1v) is 5.24. The number of benzene rings is 1. The minimum absolute atomic E-state index is 0.343. The fourth-order valence-corrected chi connectivity index (χ4v) is 1.60. The van der Waals surface area contributed by atoms with Gasteiger partial charge in [0.2, 0.25) is 0 Å². The monoisotopic (exact) mass is 209 g/mol. The maximum atomic E-state index is 9.06. The Balaban J connectivity index is 2.66. The van der Waals surface area contributed by atoms with Gasteiger partial charge in [-0.3, -0.25) is 0 Å². The Labute approximate surface area is 85.1 Å². The molecule has 0 saturated carbocycles. The average Bonchev–Trinajstić information content (AvgIpc) is 2.59. The minimum atomic E-state index is -1.53. The summed E-state index contributed by atoms with van der Waals surface area (Å²) in [4.78, 5) is 4.15. The lowest BCUT2D eigenvalue weighted by Crippen LogP contribution is -2.30. The van der Waals surface area contributed by atoms with Gasteiger partial charge in [-0.05, 0) is 12.3 Å². The minimum Gasteiger partial charge on any atom is -0.432 e. The lowest BCUT2D eigenvalue weighted by molar-refractivity contribution is 0.424. The Kier molecular flexibility index (Phi) is 2.49. The molecule has 0 amide bonds. The van der Waals surface area contributed by atoms with E-state index in [-0.39, 0.29) is 0 Å². The molecule has 1 aromatic heterocycles. The molecule has 6 heteroatoms. The molecule has 0 spiro atoms. The first kappa shape index (κ1) is 9.58. The number of aromatic nitrogens is 1. The molecule has 0 unspecified atom stereocenters. The molecule has 0 saturated heterocycles. The maximum absolute atomic E-state index is 9.06. The summed E-state index contributed by atoms with van der Waals surface area (Å²) in [6.45, 7) is 0. The SMILES string of the molecule is CSc1nc2cccc(B(O)O)c2o1. The highest BCUT2D eigenvalue weighted by atomic mass is 32.2. The number of nitrogens with zero attached hydrogens (tertiary/aromatic N) is 1. The molecule has 0 aliphatic carbocycles. The van der Waals surface area contributed by atoms with Crippen molar-refractivity contribution in [2.75, 3.05) is 6.26 Å². The zero-order valence-corrected chi connectivity index (χ0v) is 8.28. The summed E-state index contributed by atoms with van der Waals surface area (Å²) in [7, 11) is -1.53. The van der Waals surface area contributed by atoms with E-state index in [1.54, 1.807) is 18.2 Å². The number of para-hydroxylation sites is 1. The molecule has 0 radical (unpaired) electrons. The van der Waals surface area contributed by atoms with Crippen molar-refractivity contribution in [2.24, 2.45) is 0 Å². The van der Waals surface area contributed by atoms with Crippen LogP contribution in [0.4, 0.5) is 0 Å². The average molecular weight is 209 g/mol. The van der Waals surface area contributed by atoms with Crippen LogP contribution in [0, 0.1) is 0 Å². The molecule has 0 bridgehead atoms. The quantitative estimate of drug-likeness (QED) is 0.547. The predicted molar refractivity (Wildman–Crippen MR) is 55.6 cm³/mol. The van der Waals surface area contributed by atoms with E-state index < -0.39 is 7.12 Å². The molecule has 0 atom stereocenters. The van der Waals surface area contributed by atoms with Crippen molar-refractivity contribution >= 4 is 35.4 Å². The van der Waals surface area contributed by atoms with E-state index in [1.165, 1.54) is 11.8 Å². The van der Waals surface area contributed by atoms with Gasteiger partial charge in [0.05, 0.1) is 0 Å². The van der Waals surface area contributed by atoms with Gasteiger partial charge in [0, 0.05) is 5.46 Å². The molecule has 2 N–H and O–H groups in total. The molecule has 14 heavy (non-hydrogen) atoms. The van der Waals surface area contributed by atoms with Crippen molar-refractivity contribution in [2.45, 2.75) is 5.22 Å². The highest BCUT2D eigenvalue weighted by Crippen LogP contribution is 2.19. The maximum Gasteiger partial charge on any atom is 0.492 e. The molecule has 0 aliphatic rings. The van der Waals surface area contributed by atoms with Crippen molar-refractivity contribution in [3.63, 3.8) is 0 Å². The van der Waals surface area contributed by atoms with E-state index >= 15 is 0 Å². The lowest BCUT2D eigenvalue weighted by Gasteiger charge is -1.97. The van der Waals surface area contributed by atoms with E-state index in [1.807, 2.05) is 6.26 Å². The second-order valence-corrected chi connectivity index (χ2v) is 3.51. The molecule has 72 valence electrons. The molecule has 4 nitrogen and oxygen atoms in total. The number of thioether (sulfide) groups is 1.